The molecule has 0 spiro atoms. The molecular weight excluding hydrogens is 580 g/mol. The minimum atomic E-state index is -1.55. The van der Waals surface area contributed by atoms with E-state index in [0.717, 1.165) is 53.7 Å². The molecule has 2 aromatic carbocycles. The molecule has 12 nitrogen and oxygen atoms in total. The zero-order valence-electron chi connectivity index (χ0n) is 25.2. The van der Waals surface area contributed by atoms with Crippen molar-refractivity contribution in [2.75, 3.05) is 25.5 Å². The molecule has 1 saturated carbocycles. The summed E-state index contributed by atoms with van der Waals surface area (Å²) in [4.78, 5) is 19.9. The molecule has 5 rings (SSSR count). The highest BCUT2D eigenvalue weighted by atomic mass is 16.4. The van der Waals surface area contributed by atoms with E-state index in [1.807, 2.05) is 36.4 Å². The number of rotatable bonds is 12. The number of carbonyl (C=O) groups is 1. The minimum Gasteiger partial charge on any atom is -0.481 e. The number of oxazole rings is 1. The molecule has 0 saturated heterocycles. The van der Waals surface area contributed by atoms with Crippen molar-refractivity contribution in [3.8, 4) is 11.3 Å². The molecule has 2 heterocycles. The van der Waals surface area contributed by atoms with Crippen molar-refractivity contribution in [3.05, 3.63) is 72.4 Å². The molecule has 0 amide bonds. The molecule has 4 aromatic rings. The molecule has 1 aliphatic carbocycles. The van der Waals surface area contributed by atoms with Crippen molar-refractivity contribution in [3.63, 3.8) is 0 Å². The van der Waals surface area contributed by atoms with Crippen LogP contribution in [-0.4, -0.2) is 91.2 Å². The Morgan fingerprint density at radius 1 is 0.933 bits per heavy atom. The van der Waals surface area contributed by atoms with E-state index < -0.39 is 37.0 Å². The number of aromatic nitrogens is 2. The van der Waals surface area contributed by atoms with Crippen LogP contribution in [0.15, 0.2) is 71.3 Å². The highest BCUT2D eigenvalue weighted by Gasteiger charge is 2.29. The number of aliphatic hydroxyl groups is 5. The fourth-order valence-corrected chi connectivity index (χ4v) is 5.45. The highest BCUT2D eigenvalue weighted by molar-refractivity contribution is 5.75. The fourth-order valence-electron chi connectivity index (χ4n) is 5.45. The monoisotopic (exact) mass is 622 g/mol. The van der Waals surface area contributed by atoms with Gasteiger partial charge in [0.1, 0.15) is 23.8 Å². The fraction of sp³-hybridized carbons (Fsp3) is 0.424. The smallest absolute Gasteiger partial charge is 0.303 e. The summed E-state index contributed by atoms with van der Waals surface area (Å²) in [6.45, 7) is -0.569. The number of nitrogens with zero attached hydrogens (tertiary/aromatic N) is 2. The van der Waals surface area contributed by atoms with Gasteiger partial charge in [0.25, 0.3) is 6.01 Å². The van der Waals surface area contributed by atoms with Gasteiger partial charge in [-0.15, -0.1) is 0 Å². The second-order valence-electron chi connectivity index (χ2n) is 11.3. The largest absolute Gasteiger partial charge is 0.481 e. The van der Waals surface area contributed by atoms with Crippen LogP contribution in [0, 0.1) is 5.92 Å². The molecule has 0 radical (unpaired) electrons. The van der Waals surface area contributed by atoms with E-state index in [4.69, 9.17) is 29.9 Å². The molecule has 0 aliphatic heterocycles. The number of anilines is 2. The van der Waals surface area contributed by atoms with E-state index in [2.05, 4.69) is 44.9 Å². The third-order valence-corrected chi connectivity index (χ3v) is 8.04. The molecule has 12 heteroatoms. The standard InChI is InChI=1S/C26H25N3O3.C7H17NO5/c30-25(31)15-17-5-7-18(8-6-17)19-9-11-20(12-10-19)22-14-13-21(16-27-22)28-26-29-23-3-1-2-4-24(23)32-26;1-8-2-4(10)6(12)7(13)5(11)3-9/h1-4,9-14,16-18H,5-8,15H2,(H,28,29)(H,30,31);4-13H,2-3H2,1H3/t;4-,5+,6+,7+/m.0/s1. The Morgan fingerprint density at radius 3 is 2.22 bits per heavy atom. The van der Waals surface area contributed by atoms with Crippen LogP contribution in [0.3, 0.4) is 0 Å². The van der Waals surface area contributed by atoms with Crippen LogP contribution in [-0.2, 0) is 4.79 Å². The molecular formula is C33H42N4O8. The molecule has 1 fully saturated rings. The number of hydrogen-bond donors (Lipinski definition) is 8. The molecule has 2 aromatic heterocycles. The normalized spacial score (nSPS) is 19.2. The van der Waals surface area contributed by atoms with Gasteiger partial charge >= 0.3 is 5.97 Å². The molecule has 242 valence electrons. The summed E-state index contributed by atoms with van der Waals surface area (Å²) < 4.78 is 5.70. The van der Waals surface area contributed by atoms with Crippen molar-refractivity contribution < 1.29 is 39.9 Å². The van der Waals surface area contributed by atoms with E-state index in [1.165, 1.54) is 5.56 Å². The van der Waals surface area contributed by atoms with Gasteiger partial charge in [-0.2, -0.15) is 4.98 Å². The van der Waals surface area contributed by atoms with Crippen LogP contribution in [0.2, 0.25) is 0 Å². The van der Waals surface area contributed by atoms with Gasteiger partial charge in [-0.1, -0.05) is 36.4 Å². The first-order valence-corrected chi connectivity index (χ1v) is 15.1. The first kappa shape index (κ1) is 34.0. The predicted molar refractivity (Wildman–Crippen MR) is 169 cm³/mol. The number of fused-ring (bicyclic) bond motifs is 1. The van der Waals surface area contributed by atoms with Crippen LogP contribution >= 0.6 is 0 Å². The number of carboxylic acid groups (broad SMARTS) is 1. The summed E-state index contributed by atoms with van der Waals surface area (Å²) >= 11 is 0. The first-order valence-electron chi connectivity index (χ1n) is 15.1. The average molecular weight is 623 g/mol. The van der Waals surface area contributed by atoms with Gasteiger partial charge in [0.15, 0.2) is 5.58 Å². The number of para-hydroxylation sites is 2. The van der Waals surface area contributed by atoms with E-state index in [-0.39, 0.29) is 6.54 Å². The van der Waals surface area contributed by atoms with Gasteiger partial charge < -0.3 is 45.7 Å². The summed E-state index contributed by atoms with van der Waals surface area (Å²) in [6.07, 6.45) is 0.544. The van der Waals surface area contributed by atoms with E-state index >= 15 is 0 Å². The predicted octanol–water partition coefficient (Wildman–Crippen LogP) is 3.02. The van der Waals surface area contributed by atoms with E-state index in [0.29, 0.717) is 24.3 Å². The van der Waals surface area contributed by atoms with Crippen LogP contribution in [0.25, 0.3) is 22.4 Å². The van der Waals surface area contributed by atoms with Crippen molar-refractivity contribution in [1.29, 1.82) is 0 Å². The lowest BCUT2D eigenvalue weighted by molar-refractivity contribution is -0.138. The number of aliphatic carboxylic acids is 1. The lowest BCUT2D eigenvalue weighted by atomic mass is 9.77. The highest BCUT2D eigenvalue weighted by Crippen LogP contribution is 2.37. The number of hydrogen-bond acceptors (Lipinski definition) is 11. The SMILES string of the molecule is CNC[C@H](O)[C@@H](O)[C@H](O)[C@H](O)CO.O=C(O)CC1CCC(c2ccc(-c3ccc(Nc4nc5ccccc5o4)cn3)cc2)CC1. The number of nitrogens with one attached hydrogen (secondary N) is 2. The maximum Gasteiger partial charge on any atom is 0.303 e. The van der Waals surface area contributed by atoms with Crippen LogP contribution in [0.5, 0.6) is 0 Å². The molecule has 4 atom stereocenters. The number of carboxylic acids is 1. The Balaban J connectivity index is 0.000000302. The van der Waals surface area contributed by atoms with Gasteiger partial charge in [0.05, 0.1) is 30.3 Å². The maximum atomic E-state index is 10.9. The topological polar surface area (TPSA) is 201 Å². The third-order valence-electron chi connectivity index (χ3n) is 8.04. The second-order valence-corrected chi connectivity index (χ2v) is 11.3. The number of likely N-dealkylation sites (N-methyl/N-ethyl adjacent to an activating group) is 1. The zero-order valence-corrected chi connectivity index (χ0v) is 25.2. The molecule has 45 heavy (non-hydrogen) atoms. The van der Waals surface area contributed by atoms with Crippen molar-refractivity contribution in [1.82, 2.24) is 15.3 Å². The average Bonchev–Trinajstić information content (AvgIpc) is 3.47. The summed E-state index contributed by atoms with van der Waals surface area (Å²) in [5, 5.41) is 59.6. The van der Waals surface area contributed by atoms with Crippen LogP contribution in [0.4, 0.5) is 11.7 Å². The summed E-state index contributed by atoms with van der Waals surface area (Å²) in [6, 6.07) is 20.7. The Hall–Kier alpha value is -3.91. The van der Waals surface area contributed by atoms with Crippen molar-refractivity contribution in [2.24, 2.45) is 5.92 Å². The van der Waals surface area contributed by atoms with Crippen molar-refractivity contribution >= 4 is 28.8 Å². The maximum absolute atomic E-state index is 10.9. The van der Waals surface area contributed by atoms with Crippen LogP contribution < -0.4 is 10.6 Å². The van der Waals surface area contributed by atoms with Gasteiger partial charge in [0.2, 0.25) is 0 Å². The Kier molecular flexibility index (Phi) is 12.4. The lowest BCUT2D eigenvalue weighted by Crippen LogP contribution is -2.48. The molecule has 8 N–H and O–H groups in total. The minimum absolute atomic E-state index is 0.0936. The van der Waals surface area contributed by atoms with Crippen LogP contribution in [0.1, 0.15) is 43.6 Å². The number of aliphatic hydroxyl groups excluding tert-OH is 5. The molecule has 0 unspecified atom stereocenters. The lowest BCUT2D eigenvalue weighted by Gasteiger charge is -2.28. The summed E-state index contributed by atoms with van der Waals surface area (Å²) in [7, 11) is 1.57. The van der Waals surface area contributed by atoms with Gasteiger partial charge in [-0.05, 0) is 74.4 Å². The quantitative estimate of drug-likeness (QED) is 0.115. The van der Waals surface area contributed by atoms with Crippen molar-refractivity contribution in [2.45, 2.75) is 62.4 Å². The van der Waals surface area contributed by atoms with Gasteiger partial charge in [0, 0.05) is 18.5 Å². The van der Waals surface area contributed by atoms with E-state index in [9.17, 15) is 9.90 Å². The summed E-state index contributed by atoms with van der Waals surface area (Å²) in [5.41, 5.74) is 5.68. The van der Waals surface area contributed by atoms with E-state index in [1.54, 1.807) is 13.2 Å². The Morgan fingerprint density at radius 2 is 1.62 bits per heavy atom. The second kappa shape index (κ2) is 16.4. The zero-order chi connectivity index (χ0) is 32.3. The third kappa shape index (κ3) is 9.54. The Bertz CT molecular complexity index is 1440. The molecule has 0 bridgehead atoms. The number of pyridine rings is 1. The first-order chi connectivity index (χ1) is 21.7. The summed E-state index contributed by atoms with van der Waals surface area (Å²) in [5.74, 6) is 0.166. The van der Waals surface area contributed by atoms with Gasteiger partial charge in [-0.3, -0.25) is 9.78 Å². The number of benzene rings is 2. The molecule has 1 aliphatic rings. The van der Waals surface area contributed by atoms with Gasteiger partial charge in [-0.25, -0.2) is 0 Å². The Labute approximate surface area is 261 Å².